The average Bonchev–Trinajstić information content (AvgIpc) is 2.88. The van der Waals surface area contributed by atoms with Crippen LogP contribution in [0.15, 0.2) is 36.5 Å². The molecule has 0 radical (unpaired) electrons. The van der Waals surface area contributed by atoms with Crippen LogP contribution in [0.25, 0.3) is 0 Å². The first kappa shape index (κ1) is 15.1. The maximum atomic E-state index is 12.3. The number of nitrogens with two attached hydrogens (primary N) is 1. The van der Waals surface area contributed by atoms with E-state index in [1.165, 1.54) is 5.56 Å². The fourth-order valence-electron chi connectivity index (χ4n) is 2.21. The highest BCUT2D eigenvalue weighted by Crippen LogP contribution is 2.12. The maximum Gasteiger partial charge on any atom is 0.276 e. The molecule has 1 amide bonds. The lowest BCUT2D eigenvalue weighted by molar-refractivity contribution is 0.0788. The number of carbonyl (C=O) groups is 1. The number of anilines is 1. The van der Waals surface area contributed by atoms with E-state index >= 15 is 0 Å². The van der Waals surface area contributed by atoms with E-state index in [-0.39, 0.29) is 5.91 Å². The molecule has 1 aromatic heterocycles. The Balaban J connectivity index is 1.89. The first-order valence-electron chi connectivity index (χ1n) is 7.24. The van der Waals surface area contributed by atoms with Gasteiger partial charge in [-0.2, -0.15) is 5.10 Å². The van der Waals surface area contributed by atoms with E-state index in [0.29, 0.717) is 24.5 Å². The van der Waals surface area contributed by atoms with Crippen molar-refractivity contribution in [2.24, 2.45) is 0 Å². The summed E-state index contributed by atoms with van der Waals surface area (Å²) in [6.07, 6.45) is 3.57. The molecule has 2 rings (SSSR count). The number of rotatable bonds is 6. The molecule has 2 N–H and O–H groups in total. The molecule has 21 heavy (non-hydrogen) atoms. The van der Waals surface area contributed by atoms with Gasteiger partial charge >= 0.3 is 0 Å². The zero-order valence-electron chi connectivity index (χ0n) is 12.6. The Bertz CT molecular complexity index is 592. The van der Waals surface area contributed by atoms with Crippen molar-refractivity contribution < 1.29 is 4.79 Å². The van der Waals surface area contributed by atoms with Gasteiger partial charge in [-0.1, -0.05) is 30.3 Å². The number of aromatic nitrogens is 2. The lowest BCUT2D eigenvalue weighted by Gasteiger charge is -2.16. The third kappa shape index (κ3) is 3.84. The number of benzene rings is 1. The smallest absolute Gasteiger partial charge is 0.276 e. The predicted molar refractivity (Wildman–Crippen MR) is 84.0 cm³/mol. The Labute approximate surface area is 125 Å². The Morgan fingerprint density at radius 2 is 2.05 bits per heavy atom. The van der Waals surface area contributed by atoms with Gasteiger partial charge in [0.25, 0.3) is 5.91 Å². The average molecular weight is 286 g/mol. The quantitative estimate of drug-likeness (QED) is 0.885. The van der Waals surface area contributed by atoms with Gasteiger partial charge in [-0.05, 0) is 25.3 Å². The van der Waals surface area contributed by atoms with Gasteiger partial charge in [0.15, 0.2) is 5.69 Å². The van der Waals surface area contributed by atoms with Crippen molar-refractivity contribution in [2.75, 3.05) is 19.3 Å². The van der Waals surface area contributed by atoms with E-state index in [2.05, 4.69) is 17.2 Å². The molecule has 0 unspecified atom stereocenters. The van der Waals surface area contributed by atoms with Crippen LogP contribution in [0.4, 0.5) is 5.69 Å². The van der Waals surface area contributed by atoms with Crippen LogP contribution in [0, 0.1) is 0 Å². The Hall–Kier alpha value is -2.30. The highest BCUT2D eigenvalue weighted by atomic mass is 16.2. The number of carbonyl (C=O) groups excluding carboxylic acids is 1. The molecule has 0 aliphatic rings. The lowest BCUT2D eigenvalue weighted by atomic mass is 10.1. The molecule has 1 heterocycles. The van der Waals surface area contributed by atoms with Gasteiger partial charge in [0.1, 0.15) is 0 Å². The van der Waals surface area contributed by atoms with E-state index in [4.69, 9.17) is 5.73 Å². The molecule has 0 atom stereocenters. The summed E-state index contributed by atoms with van der Waals surface area (Å²) in [7, 11) is 1.79. The van der Waals surface area contributed by atoms with Gasteiger partial charge in [-0.25, -0.2) is 0 Å². The van der Waals surface area contributed by atoms with Crippen LogP contribution < -0.4 is 5.73 Å². The third-order valence-electron chi connectivity index (χ3n) is 3.47. The van der Waals surface area contributed by atoms with Gasteiger partial charge in [0.05, 0.1) is 5.69 Å². The first-order chi connectivity index (χ1) is 10.1. The minimum atomic E-state index is -0.118. The molecule has 112 valence electrons. The van der Waals surface area contributed by atoms with Crippen molar-refractivity contribution in [1.82, 2.24) is 14.7 Å². The number of nitrogen functional groups attached to an aromatic ring is 1. The molecular weight excluding hydrogens is 264 g/mol. The van der Waals surface area contributed by atoms with Crippen molar-refractivity contribution in [3.05, 3.63) is 47.8 Å². The summed E-state index contributed by atoms with van der Waals surface area (Å²) in [5.74, 6) is -0.118. The SMILES string of the molecule is CCn1cc(N)c(C(=O)N(C)CCCc2ccccc2)n1. The van der Waals surface area contributed by atoms with Crippen LogP contribution in [0.5, 0.6) is 0 Å². The monoisotopic (exact) mass is 286 g/mol. The molecule has 0 saturated heterocycles. The Morgan fingerprint density at radius 1 is 1.33 bits per heavy atom. The molecule has 0 saturated carbocycles. The second-order valence-corrected chi connectivity index (χ2v) is 5.10. The highest BCUT2D eigenvalue weighted by molar-refractivity contribution is 5.96. The van der Waals surface area contributed by atoms with Crippen LogP contribution in [-0.4, -0.2) is 34.2 Å². The predicted octanol–water partition coefficient (Wildman–Crippen LogP) is 2.19. The molecule has 0 bridgehead atoms. The van der Waals surface area contributed by atoms with E-state index in [9.17, 15) is 4.79 Å². The van der Waals surface area contributed by atoms with Crippen molar-refractivity contribution in [3.63, 3.8) is 0 Å². The number of hydrogen-bond acceptors (Lipinski definition) is 3. The van der Waals surface area contributed by atoms with Crippen molar-refractivity contribution in [3.8, 4) is 0 Å². The van der Waals surface area contributed by atoms with E-state index in [1.807, 2.05) is 25.1 Å². The van der Waals surface area contributed by atoms with Gasteiger partial charge in [0, 0.05) is 26.3 Å². The second-order valence-electron chi connectivity index (χ2n) is 5.10. The number of aryl methyl sites for hydroxylation is 2. The molecule has 0 aliphatic heterocycles. The summed E-state index contributed by atoms with van der Waals surface area (Å²) in [4.78, 5) is 14.0. The van der Waals surface area contributed by atoms with Gasteiger partial charge in [-0.3, -0.25) is 9.48 Å². The fourth-order valence-corrected chi connectivity index (χ4v) is 2.21. The Kier molecular flexibility index (Phi) is 4.98. The van der Waals surface area contributed by atoms with Crippen molar-refractivity contribution in [1.29, 1.82) is 0 Å². The van der Waals surface area contributed by atoms with Crippen LogP contribution in [0.3, 0.4) is 0 Å². The normalized spacial score (nSPS) is 10.6. The van der Waals surface area contributed by atoms with Crippen LogP contribution in [-0.2, 0) is 13.0 Å². The topological polar surface area (TPSA) is 64.2 Å². The summed E-state index contributed by atoms with van der Waals surface area (Å²) in [5, 5.41) is 4.22. The molecule has 1 aromatic carbocycles. The molecular formula is C16H22N4O. The summed E-state index contributed by atoms with van der Waals surface area (Å²) in [6.45, 7) is 3.35. The zero-order valence-corrected chi connectivity index (χ0v) is 12.6. The van der Waals surface area contributed by atoms with Crippen LogP contribution in [0.2, 0.25) is 0 Å². The second kappa shape index (κ2) is 6.92. The number of nitrogens with zero attached hydrogens (tertiary/aromatic N) is 3. The third-order valence-corrected chi connectivity index (χ3v) is 3.47. The van der Waals surface area contributed by atoms with E-state index in [0.717, 1.165) is 12.8 Å². The van der Waals surface area contributed by atoms with E-state index < -0.39 is 0 Å². The number of amides is 1. The fraction of sp³-hybridized carbons (Fsp3) is 0.375. The summed E-state index contributed by atoms with van der Waals surface area (Å²) >= 11 is 0. The van der Waals surface area contributed by atoms with Crippen molar-refractivity contribution in [2.45, 2.75) is 26.3 Å². The zero-order chi connectivity index (χ0) is 15.2. The summed E-state index contributed by atoms with van der Waals surface area (Å²) in [5.41, 5.74) is 7.92. The van der Waals surface area contributed by atoms with Crippen LogP contribution in [0.1, 0.15) is 29.4 Å². The lowest BCUT2D eigenvalue weighted by Crippen LogP contribution is -2.29. The molecule has 0 spiro atoms. The largest absolute Gasteiger partial charge is 0.396 e. The molecule has 5 nitrogen and oxygen atoms in total. The van der Waals surface area contributed by atoms with Gasteiger partial charge in [0.2, 0.25) is 0 Å². The van der Waals surface area contributed by atoms with Gasteiger partial charge in [-0.15, -0.1) is 0 Å². The Morgan fingerprint density at radius 3 is 2.67 bits per heavy atom. The molecule has 0 fully saturated rings. The van der Waals surface area contributed by atoms with Crippen molar-refractivity contribution >= 4 is 11.6 Å². The number of hydrogen-bond donors (Lipinski definition) is 1. The minimum Gasteiger partial charge on any atom is -0.396 e. The molecule has 5 heteroatoms. The molecule has 0 aliphatic carbocycles. The molecule has 2 aromatic rings. The van der Waals surface area contributed by atoms with Gasteiger partial charge < -0.3 is 10.6 Å². The maximum absolute atomic E-state index is 12.3. The standard InChI is InChI=1S/C16H22N4O/c1-3-20-12-14(17)15(18-20)16(21)19(2)11-7-10-13-8-5-4-6-9-13/h4-6,8-9,12H,3,7,10-11,17H2,1-2H3. The summed E-state index contributed by atoms with van der Waals surface area (Å²) in [6, 6.07) is 10.3. The highest BCUT2D eigenvalue weighted by Gasteiger charge is 2.18. The summed E-state index contributed by atoms with van der Waals surface area (Å²) < 4.78 is 1.68. The minimum absolute atomic E-state index is 0.118. The first-order valence-corrected chi connectivity index (χ1v) is 7.24. The van der Waals surface area contributed by atoms with E-state index in [1.54, 1.807) is 22.8 Å². The van der Waals surface area contributed by atoms with Crippen LogP contribution >= 0.6 is 0 Å².